The lowest BCUT2D eigenvalue weighted by molar-refractivity contribution is -0.104. The summed E-state index contributed by atoms with van der Waals surface area (Å²) in [5, 5.41) is 10.1. The lowest BCUT2D eigenvalue weighted by atomic mass is 9.87. The van der Waals surface area contributed by atoms with Crippen LogP contribution < -0.4 is 0 Å². The van der Waals surface area contributed by atoms with E-state index in [4.69, 9.17) is 11.6 Å². The maximum Gasteiger partial charge on any atom is 0.144 e. The molecule has 5 aromatic carbocycles. The molecule has 1 nitrogen and oxygen atoms in total. The molecule has 0 saturated carbocycles. The Morgan fingerprint density at radius 1 is 0.680 bits per heavy atom. The molecule has 25 heavy (non-hydrogen) atoms. The van der Waals surface area contributed by atoms with E-state index < -0.39 is 0 Å². The summed E-state index contributed by atoms with van der Waals surface area (Å²) >= 11 is 6.46. The highest BCUT2D eigenvalue weighted by Gasteiger charge is 2.16. The number of aldehydes is 1. The molecule has 0 aromatic heterocycles. The third-order valence-corrected chi connectivity index (χ3v) is 5.31. The average molecular weight is 341 g/mol. The van der Waals surface area contributed by atoms with Crippen LogP contribution in [0.3, 0.4) is 0 Å². The first-order chi connectivity index (χ1) is 12.3. The Kier molecular flexibility index (Phi) is 3.06. The molecule has 0 amide bonds. The summed E-state index contributed by atoms with van der Waals surface area (Å²) in [6.45, 7) is 0. The van der Waals surface area contributed by atoms with Crippen molar-refractivity contribution in [3.05, 3.63) is 78.4 Å². The van der Waals surface area contributed by atoms with E-state index in [1.807, 2.05) is 6.07 Å². The zero-order valence-electron chi connectivity index (χ0n) is 13.3. The topological polar surface area (TPSA) is 17.1 Å². The van der Waals surface area contributed by atoms with Crippen LogP contribution in [-0.2, 0) is 4.79 Å². The van der Waals surface area contributed by atoms with E-state index in [-0.39, 0.29) is 0 Å². The Labute approximate surface area is 149 Å². The molecule has 0 N–H and O–H groups in total. The van der Waals surface area contributed by atoms with Crippen LogP contribution in [0.25, 0.3) is 48.1 Å². The summed E-state index contributed by atoms with van der Waals surface area (Å²) in [7, 11) is 0. The van der Waals surface area contributed by atoms with Gasteiger partial charge in [-0.1, -0.05) is 78.3 Å². The maximum atomic E-state index is 11.0. The van der Waals surface area contributed by atoms with E-state index in [1.165, 1.54) is 43.8 Å². The van der Waals surface area contributed by atoms with Gasteiger partial charge in [-0.05, 0) is 49.2 Å². The second-order valence-corrected chi connectivity index (χ2v) is 6.66. The Balaban J connectivity index is 2.19. The van der Waals surface area contributed by atoms with Gasteiger partial charge in [-0.3, -0.25) is 4.79 Å². The van der Waals surface area contributed by atoms with Gasteiger partial charge in [-0.25, -0.2) is 0 Å². The zero-order chi connectivity index (χ0) is 17.0. The monoisotopic (exact) mass is 340 g/mol. The number of halogens is 1. The lowest BCUT2D eigenvalue weighted by Crippen LogP contribution is -1.90. The van der Waals surface area contributed by atoms with Gasteiger partial charge in [0.15, 0.2) is 0 Å². The van der Waals surface area contributed by atoms with Gasteiger partial charge < -0.3 is 0 Å². The minimum Gasteiger partial charge on any atom is -0.299 e. The molecule has 0 radical (unpaired) electrons. The van der Waals surface area contributed by atoms with Gasteiger partial charge in [0, 0.05) is 5.56 Å². The van der Waals surface area contributed by atoms with E-state index in [2.05, 4.69) is 60.7 Å². The summed E-state index contributed by atoms with van der Waals surface area (Å²) in [4.78, 5) is 11.0. The first-order valence-corrected chi connectivity index (χ1v) is 8.57. The summed E-state index contributed by atoms with van der Waals surface area (Å²) in [5.41, 5.74) is 0.899. The number of carbonyl (C=O) groups is 1. The van der Waals surface area contributed by atoms with Gasteiger partial charge in [-0.2, -0.15) is 0 Å². The number of carbonyl (C=O) groups excluding carboxylic acids is 1. The number of fused-ring (bicyclic) bond motifs is 2. The third kappa shape index (κ3) is 1.93. The zero-order valence-corrected chi connectivity index (χ0v) is 14.0. The number of benzene rings is 5. The van der Waals surface area contributed by atoms with Crippen LogP contribution in [0.15, 0.2) is 72.8 Å². The van der Waals surface area contributed by atoms with Gasteiger partial charge in [-0.15, -0.1) is 0 Å². The number of hydrogen-bond acceptors (Lipinski definition) is 1. The van der Waals surface area contributed by atoms with Crippen LogP contribution in [0, 0.1) is 0 Å². The van der Waals surface area contributed by atoms with Crippen molar-refractivity contribution in [2.24, 2.45) is 0 Å². The van der Waals surface area contributed by atoms with Crippen LogP contribution in [0.4, 0.5) is 0 Å². The fraction of sp³-hybridized carbons (Fsp3) is 0. The highest BCUT2D eigenvalue weighted by molar-refractivity contribution is 6.52. The second-order valence-electron chi connectivity index (χ2n) is 6.25. The van der Waals surface area contributed by atoms with Crippen molar-refractivity contribution in [2.75, 3.05) is 0 Å². The van der Waals surface area contributed by atoms with E-state index in [0.717, 1.165) is 17.2 Å². The molecule has 0 unspecified atom stereocenters. The fourth-order valence-corrected chi connectivity index (χ4v) is 4.21. The SMILES string of the molecule is O=CC=C(Cl)c1ccc2cccc3c4cccc5cccc(c1c23)c54. The summed E-state index contributed by atoms with van der Waals surface area (Å²) in [5.74, 6) is 0. The molecular weight excluding hydrogens is 328 g/mol. The van der Waals surface area contributed by atoms with E-state index in [0.29, 0.717) is 5.03 Å². The van der Waals surface area contributed by atoms with Crippen LogP contribution in [0.1, 0.15) is 5.56 Å². The smallest absolute Gasteiger partial charge is 0.144 e. The van der Waals surface area contributed by atoms with E-state index in [9.17, 15) is 4.79 Å². The van der Waals surface area contributed by atoms with Gasteiger partial charge in [0.2, 0.25) is 0 Å². The fourth-order valence-electron chi connectivity index (χ4n) is 4.01. The van der Waals surface area contributed by atoms with Crippen LogP contribution >= 0.6 is 11.6 Å². The van der Waals surface area contributed by atoms with Crippen molar-refractivity contribution in [1.82, 2.24) is 0 Å². The predicted octanol–water partition coefficient (Wildman–Crippen LogP) is 6.52. The average Bonchev–Trinajstić information content (AvgIpc) is 2.65. The molecule has 5 rings (SSSR count). The molecule has 5 aromatic rings. The standard InChI is InChI=1S/C23H13ClO/c24-20(12-13-25)18-11-10-15-6-2-8-17-16-7-1-4-14-5-3-9-19(21(14)16)23(18)22(15)17/h1-13H. The molecule has 0 aliphatic carbocycles. The Morgan fingerprint density at radius 3 is 1.96 bits per heavy atom. The van der Waals surface area contributed by atoms with E-state index >= 15 is 0 Å². The first kappa shape index (κ1) is 14.4. The minimum atomic E-state index is 0.470. The Hall–Kier alpha value is -2.90. The van der Waals surface area contributed by atoms with Crippen LogP contribution in [0.5, 0.6) is 0 Å². The number of allylic oxidation sites excluding steroid dienone is 1. The largest absolute Gasteiger partial charge is 0.299 e. The molecule has 2 heteroatoms. The van der Waals surface area contributed by atoms with Crippen molar-refractivity contribution in [1.29, 1.82) is 0 Å². The normalized spacial score (nSPS) is 12.6. The highest BCUT2D eigenvalue weighted by Crippen LogP contribution is 2.43. The van der Waals surface area contributed by atoms with Crippen LogP contribution in [-0.4, -0.2) is 6.29 Å². The lowest BCUT2D eigenvalue weighted by Gasteiger charge is -2.16. The van der Waals surface area contributed by atoms with Gasteiger partial charge in [0.05, 0.1) is 5.03 Å². The quantitative estimate of drug-likeness (QED) is 0.155. The summed E-state index contributed by atoms with van der Waals surface area (Å²) in [6, 6.07) is 23.3. The minimum absolute atomic E-state index is 0.470. The third-order valence-electron chi connectivity index (χ3n) is 4.98. The second kappa shape index (κ2) is 5.30. The van der Waals surface area contributed by atoms with Crippen molar-refractivity contribution in [3.8, 4) is 0 Å². The van der Waals surface area contributed by atoms with Gasteiger partial charge in [0.1, 0.15) is 6.29 Å². The van der Waals surface area contributed by atoms with Crippen molar-refractivity contribution < 1.29 is 4.79 Å². The van der Waals surface area contributed by atoms with E-state index in [1.54, 1.807) is 0 Å². The van der Waals surface area contributed by atoms with Crippen LogP contribution in [0.2, 0.25) is 0 Å². The van der Waals surface area contributed by atoms with Gasteiger partial charge in [0.25, 0.3) is 0 Å². The molecular formula is C23H13ClO. The van der Waals surface area contributed by atoms with Gasteiger partial charge >= 0.3 is 0 Å². The molecule has 0 heterocycles. The molecule has 0 aliphatic heterocycles. The number of rotatable bonds is 2. The molecule has 0 spiro atoms. The molecule has 118 valence electrons. The molecule has 0 saturated heterocycles. The molecule has 0 aliphatic rings. The first-order valence-electron chi connectivity index (χ1n) is 8.19. The molecule has 0 atom stereocenters. The molecule has 0 bridgehead atoms. The predicted molar refractivity (Wildman–Crippen MR) is 108 cm³/mol. The number of hydrogen-bond donors (Lipinski definition) is 0. The molecule has 0 fully saturated rings. The summed E-state index contributed by atoms with van der Waals surface area (Å²) < 4.78 is 0. The maximum absolute atomic E-state index is 11.0. The van der Waals surface area contributed by atoms with Crippen molar-refractivity contribution in [2.45, 2.75) is 0 Å². The Morgan fingerprint density at radius 2 is 1.28 bits per heavy atom. The Bertz CT molecular complexity index is 1310. The highest BCUT2D eigenvalue weighted by atomic mass is 35.5. The summed E-state index contributed by atoms with van der Waals surface area (Å²) in [6.07, 6.45) is 2.16. The van der Waals surface area contributed by atoms with Crippen molar-refractivity contribution in [3.63, 3.8) is 0 Å². The van der Waals surface area contributed by atoms with Crippen molar-refractivity contribution >= 4 is 66.0 Å².